The number of fused-ring (bicyclic) bond motifs is 1. The maximum Gasteiger partial charge on any atom is 0.161 e. The van der Waals surface area contributed by atoms with Crippen LogP contribution in [0.5, 0.6) is 0 Å². The highest BCUT2D eigenvalue weighted by Crippen LogP contribution is 2.36. The molecular weight excluding hydrogens is 358 g/mol. The molecule has 1 heterocycles. The molecule has 0 atom stereocenters. The predicted molar refractivity (Wildman–Crippen MR) is 122 cm³/mol. The summed E-state index contributed by atoms with van der Waals surface area (Å²) >= 11 is 0. The number of benzene rings is 3. The van der Waals surface area contributed by atoms with E-state index in [1.807, 2.05) is 6.07 Å². The highest BCUT2D eigenvalue weighted by Gasteiger charge is 2.17. The van der Waals surface area contributed by atoms with Crippen molar-refractivity contribution in [1.82, 2.24) is 9.97 Å². The van der Waals surface area contributed by atoms with Gasteiger partial charge in [-0.25, -0.2) is 9.97 Å². The van der Waals surface area contributed by atoms with Crippen molar-refractivity contribution < 1.29 is 0 Å². The smallest absolute Gasteiger partial charge is 0.161 e. The zero-order valence-electron chi connectivity index (χ0n) is 17.0. The minimum atomic E-state index is 0.529. The monoisotopic (exact) mass is 383 g/mol. The van der Waals surface area contributed by atoms with E-state index in [0.717, 1.165) is 17.9 Å². The number of nitrogens with one attached hydrogen (secondary N) is 1. The van der Waals surface area contributed by atoms with Crippen LogP contribution in [0.15, 0.2) is 67.0 Å². The Labute approximate surface area is 171 Å². The van der Waals surface area contributed by atoms with E-state index in [1.165, 1.54) is 21.9 Å². The Balaban J connectivity index is 1.77. The zero-order chi connectivity index (χ0) is 20.4. The lowest BCUT2D eigenvalue weighted by Crippen LogP contribution is -2.20. The molecule has 5 nitrogen and oxygen atoms in total. The standard InChI is InChI=1S/C24H25N5/c1-4-29(21-11-7-9-18-8-5-6-10-20(18)21)24-22(25)23(26-15-27-24)28-19-13-16(2)12-17(3)14-19/h5-15H,4,25H2,1-3H3,(H,26,27,28). The third kappa shape index (κ3) is 3.72. The fourth-order valence-electron chi connectivity index (χ4n) is 3.76. The molecule has 4 rings (SSSR count). The van der Waals surface area contributed by atoms with Crippen molar-refractivity contribution in [1.29, 1.82) is 0 Å². The fraction of sp³-hybridized carbons (Fsp3) is 0.167. The van der Waals surface area contributed by atoms with Crippen LogP contribution >= 0.6 is 0 Å². The Bertz CT molecular complexity index is 1140. The molecule has 0 aliphatic rings. The molecule has 3 N–H and O–H groups in total. The van der Waals surface area contributed by atoms with Gasteiger partial charge in [0.25, 0.3) is 0 Å². The van der Waals surface area contributed by atoms with Crippen LogP contribution in [0.2, 0.25) is 0 Å². The third-order valence-electron chi connectivity index (χ3n) is 4.98. The molecule has 0 saturated carbocycles. The average Bonchev–Trinajstić information content (AvgIpc) is 2.70. The number of nitrogen functional groups attached to an aromatic ring is 1. The maximum atomic E-state index is 6.54. The van der Waals surface area contributed by atoms with Crippen LogP contribution in [0.4, 0.5) is 28.7 Å². The van der Waals surface area contributed by atoms with Crippen LogP contribution in [0.3, 0.4) is 0 Å². The molecule has 0 spiro atoms. The van der Waals surface area contributed by atoms with Gasteiger partial charge < -0.3 is 16.0 Å². The van der Waals surface area contributed by atoms with Gasteiger partial charge in [0.15, 0.2) is 11.6 Å². The van der Waals surface area contributed by atoms with E-state index < -0.39 is 0 Å². The fourth-order valence-corrected chi connectivity index (χ4v) is 3.76. The summed E-state index contributed by atoms with van der Waals surface area (Å²) in [5.41, 5.74) is 11.5. The van der Waals surface area contributed by atoms with Crippen molar-refractivity contribution in [3.63, 3.8) is 0 Å². The number of aromatic nitrogens is 2. The number of anilines is 5. The number of aryl methyl sites for hydroxylation is 2. The van der Waals surface area contributed by atoms with Crippen molar-refractivity contribution in [2.24, 2.45) is 0 Å². The van der Waals surface area contributed by atoms with Gasteiger partial charge in [0.05, 0.1) is 5.69 Å². The predicted octanol–water partition coefficient (Wildman–Crippen LogP) is 5.73. The van der Waals surface area contributed by atoms with E-state index in [0.29, 0.717) is 17.3 Å². The molecular formula is C24H25N5. The molecule has 0 radical (unpaired) electrons. The second-order valence-corrected chi connectivity index (χ2v) is 7.20. The van der Waals surface area contributed by atoms with Gasteiger partial charge in [-0.1, -0.05) is 42.5 Å². The minimum Gasteiger partial charge on any atom is -0.393 e. The van der Waals surface area contributed by atoms with Gasteiger partial charge in [-0.15, -0.1) is 0 Å². The first-order chi connectivity index (χ1) is 14.1. The van der Waals surface area contributed by atoms with Crippen LogP contribution in [-0.4, -0.2) is 16.5 Å². The largest absolute Gasteiger partial charge is 0.393 e. The lowest BCUT2D eigenvalue weighted by molar-refractivity contribution is 0.985. The van der Waals surface area contributed by atoms with Gasteiger partial charge in [0.1, 0.15) is 12.0 Å². The quantitative estimate of drug-likeness (QED) is 0.461. The Morgan fingerprint density at radius 2 is 1.66 bits per heavy atom. The van der Waals surface area contributed by atoms with Gasteiger partial charge in [0.2, 0.25) is 0 Å². The van der Waals surface area contributed by atoms with Crippen LogP contribution in [0, 0.1) is 13.8 Å². The summed E-state index contributed by atoms with van der Waals surface area (Å²) in [5, 5.41) is 5.71. The maximum absolute atomic E-state index is 6.54. The lowest BCUT2D eigenvalue weighted by Gasteiger charge is -2.25. The third-order valence-corrected chi connectivity index (χ3v) is 4.98. The summed E-state index contributed by atoms with van der Waals surface area (Å²) in [6, 6.07) is 20.9. The zero-order valence-corrected chi connectivity index (χ0v) is 17.0. The molecule has 0 unspecified atom stereocenters. The van der Waals surface area contributed by atoms with Crippen molar-refractivity contribution in [2.75, 3.05) is 22.5 Å². The van der Waals surface area contributed by atoms with Crippen LogP contribution in [0.25, 0.3) is 10.8 Å². The topological polar surface area (TPSA) is 67.1 Å². The lowest BCUT2D eigenvalue weighted by atomic mass is 10.1. The first-order valence-electron chi connectivity index (χ1n) is 9.78. The Kier molecular flexibility index (Phi) is 5.04. The summed E-state index contributed by atoms with van der Waals surface area (Å²) in [5.74, 6) is 1.31. The highest BCUT2D eigenvalue weighted by molar-refractivity contribution is 5.97. The van der Waals surface area contributed by atoms with E-state index in [2.05, 4.69) is 95.6 Å². The molecule has 0 aliphatic heterocycles. The molecule has 5 heteroatoms. The van der Waals surface area contributed by atoms with E-state index in [1.54, 1.807) is 6.33 Å². The molecule has 0 bridgehead atoms. The van der Waals surface area contributed by atoms with Crippen molar-refractivity contribution in [3.8, 4) is 0 Å². The van der Waals surface area contributed by atoms with Crippen molar-refractivity contribution in [2.45, 2.75) is 20.8 Å². The molecule has 0 fully saturated rings. The van der Waals surface area contributed by atoms with Gasteiger partial charge >= 0.3 is 0 Å². The number of hydrogen-bond acceptors (Lipinski definition) is 5. The number of nitrogens with two attached hydrogens (primary N) is 1. The summed E-state index contributed by atoms with van der Waals surface area (Å²) in [6.07, 6.45) is 1.56. The first kappa shape index (κ1) is 18.7. The SMILES string of the molecule is CCN(c1ncnc(Nc2cc(C)cc(C)c2)c1N)c1cccc2ccccc12. The van der Waals surface area contributed by atoms with Gasteiger partial charge in [-0.05, 0) is 55.5 Å². The van der Waals surface area contributed by atoms with E-state index in [4.69, 9.17) is 5.73 Å². The summed E-state index contributed by atoms with van der Waals surface area (Å²) < 4.78 is 0. The van der Waals surface area contributed by atoms with Gasteiger partial charge in [-0.3, -0.25) is 0 Å². The number of hydrogen-bond donors (Lipinski definition) is 2. The molecule has 146 valence electrons. The van der Waals surface area contributed by atoms with Gasteiger partial charge in [-0.2, -0.15) is 0 Å². The summed E-state index contributed by atoms with van der Waals surface area (Å²) in [6.45, 7) is 6.98. The van der Waals surface area contributed by atoms with Crippen molar-refractivity contribution in [3.05, 3.63) is 78.1 Å². The minimum absolute atomic E-state index is 0.529. The first-order valence-corrected chi connectivity index (χ1v) is 9.78. The van der Waals surface area contributed by atoms with Crippen LogP contribution < -0.4 is 16.0 Å². The molecule has 3 aromatic carbocycles. The van der Waals surface area contributed by atoms with E-state index in [-0.39, 0.29) is 0 Å². The Morgan fingerprint density at radius 3 is 2.41 bits per heavy atom. The summed E-state index contributed by atoms with van der Waals surface area (Å²) in [4.78, 5) is 11.0. The average molecular weight is 383 g/mol. The van der Waals surface area contributed by atoms with Crippen LogP contribution in [0.1, 0.15) is 18.1 Å². The van der Waals surface area contributed by atoms with Gasteiger partial charge in [0, 0.05) is 17.6 Å². The van der Waals surface area contributed by atoms with E-state index >= 15 is 0 Å². The second kappa shape index (κ2) is 7.80. The van der Waals surface area contributed by atoms with E-state index in [9.17, 15) is 0 Å². The molecule has 0 aliphatic carbocycles. The molecule has 4 aromatic rings. The second-order valence-electron chi connectivity index (χ2n) is 7.20. The number of nitrogens with zero attached hydrogens (tertiary/aromatic N) is 3. The molecule has 0 saturated heterocycles. The normalized spacial score (nSPS) is 10.9. The summed E-state index contributed by atoms with van der Waals surface area (Å²) in [7, 11) is 0. The highest BCUT2D eigenvalue weighted by atomic mass is 15.2. The molecule has 29 heavy (non-hydrogen) atoms. The Hall–Kier alpha value is -3.60. The number of rotatable bonds is 5. The van der Waals surface area contributed by atoms with Crippen molar-refractivity contribution >= 4 is 39.5 Å². The molecule has 1 aromatic heterocycles. The van der Waals surface area contributed by atoms with Crippen LogP contribution in [-0.2, 0) is 0 Å². The molecule has 0 amide bonds. The Morgan fingerprint density at radius 1 is 0.931 bits per heavy atom.